The number of hydrogen-bond acceptors (Lipinski definition) is 3. The Labute approximate surface area is 139 Å². The van der Waals surface area contributed by atoms with E-state index in [-0.39, 0.29) is 17.6 Å². The molecule has 2 amide bonds. The molecule has 0 spiro atoms. The number of hydrogen-bond donors (Lipinski definition) is 2. The fourth-order valence-corrected chi connectivity index (χ4v) is 2.10. The number of amides is 2. The monoisotopic (exact) mass is 330 g/mol. The van der Waals surface area contributed by atoms with E-state index in [1.165, 1.54) is 31.2 Å². The van der Waals surface area contributed by atoms with Crippen LogP contribution < -0.4 is 15.4 Å². The maximum absolute atomic E-state index is 12.9. The third-order valence-electron chi connectivity index (χ3n) is 3.21. The number of rotatable bonds is 6. The Kier molecular flexibility index (Phi) is 5.89. The molecule has 0 unspecified atom stereocenters. The van der Waals surface area contributed by atoms with Crippen molar-refractivity contribution < 1.29 is 18.7 Å². The second-order valence-corrected chi connectivity index (χ2v) is 5.22. The molecule has 0 aliphatic carbocycles. The molecule has 0 saturated heterocycles. The molecule has 0 aromatic heterocycles. The zero-order valence-electron chi connectivity index (χ0n) is 13.5. The number of halogens is 1. The lowest BCUT2D eigenvalue weighted by Crippen LogP contribution is -2.32. The summed E-state index contributed by atoms with van der Waals surface area (Å²) in [6.07, 6.45) is -0.255. The molecule has 5 nitrogen and oxygen atoms in total. The van der Waals surface area contributed by atoms with Crippen LogP contribution in [0.2, 0.25) is 0 Å². The predicted molar refractivity (Wildman–Crippen MR) is 90.5 cm³/mol. The van der Waals surface area contributed by atoms with Crippen molar-refractivity contribution >= 4 is 23.2 Å². The molecule has 2 rings (SSSR count). The second kappa shape index (κ2) is 8.10. The number of nitrogens with one attached hydrogen (secondary N) is 2. The van der Waals surface area contributed by atoms with Crippen molar-refractivity contribution in [2.24, 2.45) is 0 Å². The zero-order valence-corrected chi connectivity index (χ0v) is 13.5. The molecule has 1 atom stereocenters. The molecule has 24 heavy (non-hydrogen) atoms. The zero-order chi connectivity index (χ0) is 17.5. The number of anilines is 2. The highest BCUT2D eigenvalue weighted by atomic mass is 19.1. The van der Waals surface area contributed by atoms with Gasteiger partial charge in [-0.1, -0.05) is 13.0 Å². The molecular formula is C18H19FN2O3. The predicted octanol–water partition coefficient (Wildman–Crippen LogP) is 3.58. The molecule has 126 valence electrons. The summed E-state index contributed by atoms with van der Waals surface area (Å²) in [6, 6.07) is 12.3. The minimum atomic E-state index is -0.708. The molecule has 0 bridgehead atoms. The van der Waals surface area contributed by atoms with Gasteiger partial charge in [-0.15, -0.1) is 0 Å². The fourth-order valence-electron chi connectivity index (χ4n) is 2.10. The van der Waals surface area contributed by atoms with Gasteiger partial charge in [0.1, 0.15) is 11.6 Å². The van der Waals surface area contributed by atoms with E-state index >= 15 is 0 Å². The molecule has 0 saturated carbocycles. The van der Waals surface area contributed by atoms with Crippen molar-refractivity contribution in [3.05, 3.63) is 54.3 Å². The smallest absolute Gasteiger partial charge is 0.265 e. The molecule has 0 fully saturated rings. The Morgan fingerprint density at radius 1 is 1.08 bits per heavy atom. The fraction of sp³-hybridized carbons (Fsp3) is 0.222. The number of carbonyl (C=O) groups excluding carboxylic acids is 2. The van der Waals surface area contributed by atoms with Gasteiger partial charge in [0.2, 0.25) is 5.91 Å². The van der Waals surface area contributed by atoms with Crippen LogP contribution in [0.5, 0.6) is 5.75 Å². The van der Waals surface area contributed by atoms with Crippen LogP contribution in [0.15, 0.2) is 48.5 Å². The molecule has 2 aromatic rings. The Balaban J connectivity index is 2.03. The van der Waals surface area contributed by atoms with Crippen LogP contribution in [0.25, 0.3) is 0 Å². The lowest BCUT2D eigenvalue weighted by Gasteiger charge is -2.17. The summed E-state index contributed by atoms with van der Waals surface area (Å²) in [7, 11) is 0. The van der Waals surface area contributed by atoms with Crippen molar-refractivity contribution in [3.8, 4) is 5.75 Å². The first-order valence-corrected chi connectivity index (χ1v) is 7.58. The van der Waals surface area contributed by atoms with Gasteiger partial charge in [0.05, 0.1) is 0 Å². The van der Waals surface area contributed by atoms with E-state index in [0.29, 0.717) is 23.5 Å². The number of carbonyl (C=O) groups is 2. The van der Waals surface area contributed by atoms with Crippen molar-refractivity contribution in [3.63, 3.8) is 0 Å². The highest BCUT2D eigenvalue weighted by Crippen LogP contribution is 2.18. The van der Waals surface area contributed by atoms with E-state index in [9.17, 15) is 14.0 Å². The molecular weight excluding hydrogens is 311 g/mol. The quantitative estimate of drug-likeness (QED) is 0.851. The summed E-state index contributed by atoms with van der Waals surface area (Å²) < 4.78 is 18.5. The average molecular weight is 330 g/mol. The molecule has 6 heteroatoms. The lowest BCUT2D eigenvalue weighted by atomic mass is 10.2. The summed E-state index contributed by atoms with van der Waals surface area (Å²) in [5.41, 5.74) is 1.14. The number of ether oxygens (including phenoxy) is 1. The van der Waals surface area contributed by atoms with Gasteiger partial charge in [-0.3, -0.25) is 9.59 Å². The lowest BCUT2D eigenvalue weighted by molar-refractivity contribution is -0.122. The van der Waals surface area contributed by atoms with Gasteiger partial charge < -0.3 is 15.4 Å². The Morgan fingerprint density at radius 3 is 2.29 bits per heavy atom. The van der Waals surface area contributed by atoms with Crippen LogP contribution >= 0.6 is 0 Å². The van der Waals surface area contributed by atoms with Crippen LogP contribution in [-0.2, 0) is 9.59 Å². The largest absolute Gasteiger partial charge is 0.481 e. The van der Waals surface area contributed by atoms with Crippen LogP contribution in [0.4, 0.5) is 15.8 Å². The van der Waals surface area contributed by atoms with E-state index in [1.54, 1.807) is 24.3 Å². The highest BCUT2D eigenvalue weighted by molar-refractivity contribution is 5.95. The van der Waals surface area contributed by atoms with Gasteiger partial charge in [0.25, 0.3) is 5.91 Å². The molecule has 2 aromatic carbocycles. The third-order valence-corrected chi connectivity index (χ3v) is 3.21. The van der Waals surface area contributed by atoms with E-state index < -0.39 is 6.10 Å². The highest BCUT2D eigenvalue weighted by Gasteiger charge is 2.18. The maximum atomic E-state index is 12.9. The summed E-state index contributed by atoms with van der Waals surface area (Å²) in [5, 5.41) is 5.40. The van der Waals surface area contributed by atoms with Crippen molar-refractivity contribution in [1.29, 1.82) is 0 Å². The minimum absolute atomic E-state index is 0.190. The molecule has 2 N–H and O–H groups in total. The van der Waals surface area contributed by atoms with Crippen LogP contribution in [0.3, 0.4) is 0 Å². The first kappa shape index (κ1) is 17.5. The van der Waals surface area contributed by atoms with Crippen molar-refractivity contribution in [2.45, 2.75) is 26.4 Å². The van der Waals surface area contributed by atoms with Crippen molar-refractivity contribution in [1.82, 2.24) is 0 Å². The third kappa shape index (κ3) is 5.08. The maximum Gasteiger partial charge on any atom is 0.265 e. The molecule has 0 heterocycles. The standard InChI is InChI=1S/C18H19FN2O3/c1-3-17(24-16-9-7-13(19)8-10-16)18(23)21-15-6-4-5-14(11-15)20-12(2)22/h4-11,17H,3H2,1-2H3,(H,20,22)(H,21,23)/t17-/m1/s1. The Bertz CT molecular complexity index is 716. The first-order valence-electron chi connectivity index (χ1n) is 7.58. The van der Waals surface area contributed by atoms with Gasteiger partial charge in [0, 0.05) is 18.3 Å². The molecule has 0 radical (unpaired) electrons. The van der Waals surface area contributed by atoms with Gasteiger partial charge in [-0.05, 0) is 48.9 Å². The average Bonchev–Trinajstić information content (AvgIpc) is 2.54. The molecule has 0 aliphatic heterocycles. The Hall–Kier alpha value is -2.89. The van der Waals surface area contributed by atoms with Crippen LogP contribution in [0.1, 0.15) is 20.3 Å². The summed E-state index contributed by atoms with van der Waals surface area (Å²) in [5.74, 6) is -0.452. The van der Waals surface area contributed by atoms with Gasteiger partial charge >= 0.3 is 0 Å². The number of benzene rings is 2. The second-order valence-electron chi connectivity index (χ2n) is 5.22. The summed E-state index contributed by atoms with van der Waals surface area (Å²) in [6.45, 7) is 3.23. The summed E-state index contributed by atoms with van der Waals surface area (Å²) in [4.78, 5) is 23.4. The normalized spacial score (nSPS) is 11.5. The van der Waals surface area contributed by atoms with E-state index in [0.717, 1.165) is 0 Å². The minimum Gasteiger partial charge on any atom is -0.481 e. The first-order chi connectivity index (χ1) is 11.5. The topological polar surface area (TPSA) is 67.4 Å². The van der Waals surface area contributed by atoms with Crippen LogP contribution in [-0.4, -0.2) is 17.9 Å². The Morgan fingerprint density at radius 2 is 1.71 bits per heavy atom. The van der Waals surface area contributed by atoms with Gasteiger partial charge in [-0.25, -0.2) is 4.39 Å². The molecule has 0 aliphatic rings. The van der Waals surface area contributed by atoms with E-state index in [4.69, 9.17) is 4.74 Å². The van der Waals surface area contributed by atoms with E-state index in [2.05, 4.69) is 10.6 Å². The SMILES string of the molecule is CC[C@@H](Oc1ccc(F)cc1)C(=O)Nc1cccc(NC(C)=O)c1. The van der Waals surface area contributed by atoms with Gasteiger partial charge in [0.15, 0.2) is 6.10 Å². The van der Waals surface area contributed by atoms with Crippen molar-refractivity contribution in [2.75, 3.05) is 10.6 Å². The summed E-state index contributed by atoms with van der Waals surface area (Å²) >= 11 is 0. The van der Waals surface area contributed by atoms with E-state index in [1.807, 2.05) is 6.92 Å². The van der Waals surface area contributed by atoms with Gasteiger partial charge in [-0.2, -0.15) is 0 Å². The van der Waals surface area contributed by atoms with Crippen LogP contribution in [0, 0.1) is 5.82 Å².